The molecule has 146 valence electrons. The number of halogens is 1. The molecule has 1 fully saturated rings. The van der Waals surface area contributed by atoms with Crippen molar-refractivity contribution in [2.75, 3.05) is 19.6 Å². The van der Waals surface area contributed by atoms with Gasteiger partial charge in [0, 0.05) is 36.8 Å². The highest BCUT2D eigenvalue weighted by molar-refractivity contribution is 6.05. The van der Waals surface area contributed by atoms with Crippen molar-refractivity contribution in [3.8, 4) is 11.3 Å². The Kier molecular flexibility index (Phi) is 5.87. The Morgan fingerprint density at radius 1 is 1.14 bits per heavy atom. The summed E-state index contributed by atoms with van der Waals surface area (Å²) in [6, 6.07) is 15.0. The summed E-state index contributed by atoms with van der Waals surface area (Å²) < 4.78 is 6.17. The molecule has 1 aliphatic heterocycles. The molecule has 1 N–H and O–H groups in total. The first kappa shape index (κ1) is 20.1. The van der Waals surface area contributed by atoms with Gasteiger partial charge in [-0.25, -0.2) is 0 Å². The van der Waals surface area contributed by atoms with Crippen molar-refractivity contribution in [2.45, 2.75) is 19.9 Å². The van der Waals surface area contributed by atoms with Gasteiger partial charge < -0.3 is 14.6 Å². The van der Waals surface area contributed by atoms with E-state index in [9.17, 15) is 9.59 Å². The Morgan fingerprint density at radius 3 is 2.61 bits per heavy atom. The van der Waals surface area contributed by atoms with Crippen molar-refractivity contribution in [1.82, 2.24) is 10.2 Å². The van der Waals surface area contributed by atoms with Gasteiger partial charge in [-0.2, -0.15) is 0 Å². The van der Waals surface area contributed by atoms with Gasteiger partial charge in [-0.3, -0.25) is 9.59 Å². The van der Waals surface area contributed by atoms with Gasteiger partial charge in [0.2, 0.25) is 0 Å². The van der Waals surface area contributed by atoms with Crippen LogP contribution in [0, 0.1) is 6.92 Å². The van der Waals surface area contributed by atoms with Crippen LogP contribution in [0.5, 0.6) is 0 Å². The first-order valence-corrected chi connectivity index (χ1v) is 9.21. The molecular weight excluding hydrogens is 376 g/mol. The molecule has 3 aromatic rings. The molecule has 1 unspecified atom stereocenters. The minimum Gasteiger partial charge on any atom is -0.455 e. The highest BCUT2D eigenvalue weighted by atomic mass is 35.5. The lowest BCUT2D eigenvalue weighted by molar-refractivity contribution is 0.0710. The molecule has 2 heterocycles. The number of hydrogen-bond acceptors (Lipinski definition) is 4. The van der Waals surface area contributed by atoms with E-state index in [1.165, 1.54) is 0 Å². The lowest BCUT2D eigenvalue weighted by Crippen LogP contribution is -2.51. The van der Waals surface area contributed by atoms with Crippen LogP contribution in [0.1, 0.15) is 22.8 Å². The third-order valence-corrected chi connectivity index (χ3v) is 5.07. The molecule has 1 amide bonds. The normalized spacial score (nSPS) is 16.6. The number of fused-ring (bicyclic) bond motifs is 1. The number of rotatable bonds is 2. The Balaban J connectivity index is 0.00000225. The minimum atomic E-state index is -0.0987. The second kappa shape index (κ2) is 8.17. The van der Waals surface area contributed by atoms with Crippen LogP contribution in [0.4, 0.5) is 0 Å². The van der Waals surface area contributed by atoms with E-state index in [2.05, 4.69) is 12.2 Å². The molecule has 1 aliphatic rings. The standard InChI is InChI=1S/C22H22N2O3.ClH/c1-14-13-24(12-11-23-14)22(26)18-10-6-9-17-19(25)15(2)20(27-21(17)18)16-7-4-3-5-8-16;/h3-10,14,23H,11-13H2,1-2H3;1H. The Morgan fingerprint density at radius 2 is 1.89 bits per heavy atom. The van der Waals surface area contributed by atoms with Crippen LogP contribution in [0.15, 0.2) is 57.7 Å². The molecule has 1 atom stereocenters. The summed E-state index contributed by atoms with van der Waals surface area (Å²) in [5.74, 6) is 0.419. The van der Waals surface area contributed by atoms with Gasteiger partial charge >= 0.3 is 0 Å². The van der Waals surface area contributed by atoms with Crippen LogP contribution in [-0.2, 0) is 0 Å². The molecule has 0 bridgehead atoms. The van der Waals surface area contributed by atoms with Crippen molar-refractivity contribution >= 4 is 29.3 Å². The SMILES string of the molecule is Cc1c(-c2ccccc2)oc2c(C(=O)N3CCNC(C)C3)cccc2c1=O.Cl. The summed E-state index contributed by atoms with van der Waals surface area (Å²) in [7, 11) is 0. The molecular formula is C22H23ClN2O3. The molecule has 0 spiro atoms. The lowest BCUT2D eigenvalue weighted by atomic mass is 10.0. The molecule has 4 rings (SSSR count). The quantitative estimate of drug-likeness (QED) is 0.716. The zero-order valence-corrected chi connectivity index (χ0v) is 16.7. The maximum Gasteiger partial charge on any atom is 0.257 e. The van der Waals surface area contributed by atoms with Gasteiger partial charge in [-0.1, -0.05) is 36.4 Å². The van der Waals surface area contributed by atoms with E-state index in [0.717, 1.165) is 12.1 Å². The summed E-state index contributed by atoms with van der Waals surface area (Å²) in [6.07, 6.45) is 0. The molecule has 0 radical (unpaired) electrons. The highest BCUT2D eigenvalue weighted by Gasteiger charge is 2.25. The minimum absolute atomic E-state index is 0. The number of nitrogens with zero attached hydrogens (tertiary/aromatic N) is 1. The van der Waals surface area contributed by atoms with Gasteiger partial charge in [-0.05, 0) is 26.0 Å². The molecule has 5 nitrogen and oxygen atoms in total. The fourth-order valence-electron chi connectivity index (χ4n) is 3.63. The molecule has 0 aliphatic carbocycles. The zero-order valence-electron chi connectivity index (χ0n) is 15.9. The predicted octanol–water partition coefficient (Wildman–Crippen LogP) is 3.62. The maximum atomic E-state index is 13.1. The van der Waals surface area contributed by atoms with Crippen LogP contribution in [-0.4, -0.2) is 36.5 Å². The van der Waals surface area contributed by atoms with Crippen molar-refractivity contribution in [3.05, 3.63) is 69.9 Å². The second-order valence-corrected chi connectivity index (χ2v) is 7.04. The van der Waals surface area contributed by atoms with E-state index in [4.69, 9.17) is 4.42 Å². The summed E-state index contributed by atoms with van der Waals surface area (Å²) in [5, 5.41) is 3.78. The smallest absolute Gasteiger partial charge is 0.257 e. The number of para-hydroxylation sites is 1. The van der Waals surface area contributed by atoms with E-state index in [-0.39, 0.29) is 29.8 Å². The molecule has 2 aromatic carbocycles. The number of piperazine rings is 1. The van der Waals surface area contributed by atoms with Crippen LogP contribution in [0.3, 0.4) is 0 Å². The highest BCUT2D eigenvalue weighted by Crippen LogP contribution is 2.28. The topological polar surface area (TPSA) is 62.6 Å². The van der Waals surface area contributed by atoms with E-state index in [1.807, 2.05) is 35.2 Å². The van der Waals surface area contributed by atoms with Gasteiger partial charge in [-0.15, -0.1) is 12.4 Å². The zero-order chi connectivity index (χ0) is 19.0. The summed E-state index contributed by atoms with van der Waals surface area (Å²) in [4.78, 5) is 27.9. The largest absolute Gasteiger partial charge is 0.455 e. The third-order valence-electron chi connectivity index (χ3n) is 5.07. The maximum absolute atomic E-state index is 13.1. The monoisotopic (exact) mass is 398 g/mol. The number of nitrogens with one attached hydrogen (secondary N) is 1. The van der Waals surface area contributed by atoms with Crippen molar-refractivity contribution in [2.24, 2.45) is 0 Å². The third kappa shape index (κ3) is 3.55. The summed E-state index contributed by atoms with van der Waals surface area (Å²) in [5.41, 5.74) is 2.08. The molecule has 1 aromatic heterocycles. The van der Waals surface area contributed by atoms with Crippen molar-refractivity contribution in [3.63, 3.8) is 0 Å². The average molecular weight is 399 g/mol. The van der Waals surface area contributed by atoms with Gasteiger partial charge in [0.15, 0.2) is 11.0 Å². The second-order valence-electron chi connectivity index (χ2n) is 7.04. The summed E-state index contributed by atoms with van der Waals surface area (Å²) >= 11 is 0. The first-order valence-electron chi connectivity index (χ1n) is 9.21. The Hall–Kier alpha value is -2.63. The molecule has 1 saturated heterocycles. The van der Waals surface area contributed by atoms with E-state index < -0.39 is 0 Å². The van der Waals surface area contributed by atoms with E-state index >= 15 is 0 Å². The van der Waals surface area contributed by atoms with Crippen molar-refractivity contribution in [1.29, 1.82) is 0 Å². The molecule has 6 heteroatoms. The fourth-order valence-corrected chi connectivity index (χ4v) is 3.63. The predicted molar refractivity (Wildman–Crippen MR) is 113 cm³/mol. The van der Waals surface area contributed by atoms with Crippen LogP contribution in [0.25, 0.3) is 22.3 Å². The Labute approximate surface area is 169 Å². The average Bonchev–Trinajstić information content (AvgIpc) is 2.70. The first-order chi connectivity index (χ1) is 13.1. The number of hydrogen-bond donors (Lipinski definition) is 1. The number of benzene rings is 2. The summed E-state index contributed by atoms with van der Waals surface area (Å²) in [6.45, 7) is 5.85. The van der Waals surface area contributed by atoms with Crippen molar-refractivity contribution < 1.29 is 9.21 Å². The van der Waals surface area contributed by atoms with Crippen LogP contribution >= 0.6 is 12.4 Å². The fraction of sp³-hybridized carbons (Fsp3) is 0.273. The van der Waals surface area contributed by atoms with E-state index in [1.54, 1.807) is 25.1 Å². The molecule has 0 saturated carbocycles. The molecule has 28 heavy (non-hydrogen) atoms. The van der Waals surface area contributed by atoms with Crippen LogP contribution < -0.4 is 10.7 Å². The number of carbonyl (C=O) groups is 1. The van der Waals surface area contributed by atoms with Crippen LogP contribution in [0.2, 0.25) is 0 Å². The van der Waals surface area contributed by atoms with Gasteiger partial charge in [0.05, 0.1) is 10.9 Å². The van der Waals surface area contributed by atoms with Gasteiger partial charge in [0.25, 0.3) is 5.91 Å². The Bertz CT molecular complexity index is 1060. The lowest BCUT2D eigenvalue weighted by Gasteiger charge is -2.32. The number of amides is 1. The van der Waals surface area contributed by atoms with E-state index in [0.29, 0.717) is 40.9 Å². The van der Waals surface area contributed by atoms with Gasteiger partial charge in [0.1, 0.15) is 5.76 Å². The number of carbonyl (C=O) groups excluding carboxylic acids is 1.